The number of benzene rings is 1. The average Bonchev–Trinajstić information content (AvgIpc) is 2.95. The Morgan fingerprint density at radius 3 is 2.62 bits per heavy atom. The molecule has 3 N–H and O–H groups in total. The first-order chi connectivity index (χ1) is 10.1. The van der Waals surface area contributed by atoms with Gasteiger partial charge >= 0.3 is 0 Å². The van der Waals surface area contributed by atoms with Gasteiger partial charge in [0, 0.05) is 37.5 Å². The summed E-state index contributed by atoms with van der Waals surface area (Å²) < 4.78 is 27.4. The van der Waals surface area contributed by atoms with Crippen LogP contribution in [0.4, 0.5) is 14.5 Å². The van der Waals surface area contributed by atoms with Crippen LogP contribution < -0.4 is 10.6 Å². The van der Waals surface area contributed by atoms with E-state index in [-0.39, 0.29) is 11.3 Å². The van der Waals surface area contributed by atoms with Crippen LogP contribution in [0, 0.1) is 11.6 Å². The summed E-state index contributed by atoms with van der Waals surface area (Å²) in [4.78, 5) is 18.8. The van der Waals surface area contributed by atoms with Crippen LogP contribution in [0.1, 0.15) is 23.1 Å². The van der Waals surface area contributed by atoms with Crippen LogP contribution in [0.5, 0.6) is 0 Å². The van der Waals surface area contributed by atoms with E-state index >= 15 is 0 Å². The lowest BCUT2D eigenvalue weighted by molar-refractivity contribution is 0.0953. The van der Waals surface area contributed by atoms with Gasteiger partial charge in [0.25, 0.3) is 5.91 Å². The summed E-state index contributed by atoms with van der Waals surface area (Å²) in [6.45, 7) is 2.45. The molecule has 0 saturated carbocycles. The van der Waals surface area contributed by atoms with Crippen molar-refractivity contribution in [3.05, 3.63) is 47.5 Å². The van der Waals surface area contributed by atoms with E-state index in [1.807, 2.05) is 0 Å². The van der Waals surface area contributed by atoms with Crippen molar-refractivity contribution in [3.8, 4) is 0 Å². The molecule has 1 amide bonds. The highest BCUT2D eigenvalue weighted by atomic mass is 19.1. The summed E-state index contributed by atoms with van der Waals surface area (Å²) >= 11 is 0. The number of carbonyl (C=O) groups is 1. The van der Waals surface area contributed by atoms with Gasteiger partial charge in [-0.2, -0.15) is 0 Å². The highest BCUT2D eigenvalue weighted by Gasteiger charge is 2.14. The maximum absolute atomic E-state index is 13.7. The number of H-pyrrole nitrogens is 1. The summed E-state index contributed by atoms with van der Waals surface area (Å²) in [5.74, 6) is -1.36. The minimum Gasteiger partial charge on any atom is -0.381 e. The fraction of sp³-hybridized carbons (Fsp3) is 0.286. The molecule has 0 atom stereocenters. The molecule has 1 heterocycles. The topological polar surface area (TPSA) is 69.8 Å². The molecule has 0 fully saturated rings. The Kier molecular flexibility index (Phi) is 4.86. The van der Waals surface area contributed by atoms with Gasteiger partial charge in [-0.25, -0.2) is 13.8 Å². The van der Waals surface area contributed by atoms with Crippen molar-refractivity contribution >= 4 is 11.6 Å². The number of imidazole rings is 1. The zero-order valence-electron chi connectivity index (χ0n) is 11.5. The van der Waals surface area contributed by atoms with Crippen molar-refractivity contribution < 1.29 is 13.6 Å². The second-order valence-electron chi connectivity index (χ2n) is 4.39. The number of nitrogens with zero attached hydrogens (tertiary/aromatic N) is 1. The van der Waals surface area contributed by atoms with Crippen molar-refractivity contribution in [2.75, 3.05) is 18.4 Å². The van der Waals surface area contributed by atoms with Gasteiger partial charge in [-0.15, -0.1) is 0 Å². The Morgan fingerprint density at radius 1 is 1.33 bits per heavy atom. The zero-order valence-corrected chi connectivity index (χ0v) is 11.5. The predicted molar refractivity (Wildman–Crippen MR) is 75.1 cm³/mol. The summed E-state index contributed by atoms with van der Waals surface area (Å²) in [6.07, 6.45) is 3.81. The molecule has 2 aromatic rings. The van der Waals surface area contributed by atoms with Crippen molar-refractivity contribution in [2.45, 2.75) is 13.3 Å². The zero-order chi connectivity index (χ0) is 15.2. The first-order valence-corrected chi connectivity index (χ1v) is 6.61. The van der Waals surface area contributed by atoms with Gasteiger partial charge in [-0.3, -0.25) is 4.79 Å². The van der Waals surface area contributed by atoms with Gasteiger partial charge in [-0.1, -0.05) is 0 Å². The first kappa shape index (κ1) is 15.0. The second kappa shape index (κ2) is 6.83. The van der Waals surface area contributed by atoms with E-state index in [9.17, 15) is 13.6 Å². The lowest BCUT2D eigenvalue weighted by Gasteiger charge is -2.09. The predicted octanol–water partition coefficient (Wildman–Crippen LogP) is 2.09. The smallest absolute Gasteiger partial charge is 0.251 e. The Labute approximate surface area is 120 Å². The molecule has 0 bridgehead atoms. The van der Waals surface area contributed by atoms with Crippen molar-refractivity contribution in [1.29, 1.82) is 0 Å². The van der Waals surface area contributed by atoms with Gasteiger partial charge in [0.2, 0.25) is 0 Å². The number of anilines is 1. The SMILES string of the molecule is CCNc1c(F)cc(C(=O)NCCc2ncc[nH]2)cc1F. The van der Waals surface area contributed by atoms with Crippen LogP contribution in [0.25, 0.3) is 0 Å². The van der Waals surface area contributed by atoms with Gasteiger partial charge in [-0.05, 0) is 19.1 Å². The van der Waals surface area contributed by atoms with E-state index in [0.717, 1.165) is 18.0 Å². The summed E-state index contributed by atoms with van der Waals surface area (Å²) in [5, 5.41) is 5.17. The highest BCUT2D eigenvalue weighted by molar-refractivity contribution is 5.94. The minimum atomic E-state index is -0.784. The molecule has 0 unspecified atom stereocenters. The van der Waals surface area contributed by atoms with Gasteiger partial charge in [0.05, 0.1) is 0 Å². The molecule has 1 aromatic carbocycles. The summed E-state index contributed by atoms with van der Waals surface area (Å²) in [7, 11) is 0. The molecule has 21 heavy (non-hydrogen) atoms. The lowest BCUT2D eigenvalue weighted by atomic mass is 10.1. The molecule has 5 nitrogen and oxygen atoms in total. The number of amides is 1. The maximum atomic E-state index is 13.7. The van der Waals surface area contributed by atoms with Gasteiger partial charge in [0.15, 0.2) is 0 Å². The Hall–Kier alpha value is -2.44. The number of halogens is 2. The monoisotopic (exact) mass is 294 g/mol. The van der Waals surface area contributed by atoms with E-state index in [1.54, 1.807) is 19.3 Å². The maximum Gasteiger partial charge on any atom is 0.251 e. The molecule has 0 aliphatic rings. The first-order valence-electron chi connectivity index (χ1n) is 6.61. The van der Waals surface area contributed by atoms with Crippen molar-refractivity contribution in [2.24, 2.45) is 0 Å². The third-order valence-electron chi connectivity index (χ3n) is 2.86. The molecular formula is C14H16F2N4O. The molecule has 0 aliphatic heterocycles. The van der Waals surface area contributed by atoms with Gasteiger partial charge in [0.1, 0.15) is 23.1 Å². The lowest BCUT2D eigenvalue weighted by Crippen LogP contribution is -2.26. The summed E-state index contributed by atoms with van der Waals surface area (Å²) in [5.41, 5.74) is -0.268. The minimum absolute atomic E-state index is 0.0499. The molecule has 1 aromatic heterocycles. The van der Waals surface area contributed by atoms with E-state index in [1.165, 1.54) is 0 Å². The number of hydrogen-bond acceptors (Lipinski definition) is 3. The van der Waals surface area contributed by atoms with Crippen LogP contribution in [-0.2, 0) is 6.42 Å². The molecule has 0 aliphatic carbocycles. The van der Waals surface area contributed by atoms with Crippen LogP contribution in [0.15, 0.2) is 24.5 Å². The standard InChI is InChI=1S/C14H16F2N4O/c1-2-17-13-10(15)7-9(8-11(13)16)14(21)20-4-3-12-18-5-6-19-12/h5-8,17H,2-4H2,1H3,(H,18,19)(H,20,21). The number of hydrogen-bond donors (Lipinski definition) is 3. The molecule has 0 saturated heterocycles. The average molecular weight is 294 g/mol. The molecule has 112 valence electrons. The third-order valence-corrected chi connectivity index (χ3v) is 2.86. The second-order valence-corrected chi connectivity index (χ2v) is 4.39. The largest absolute Gasteiger partial charge is 0.381 e. The fourth-order valence-electron chi connectivity index (χ4n) is 1.88. The van der Waals surface area contributed by atoms with Crippen LogP contribution in [-0.4, -0.2) is 29.0 Å². The Morgan fingerprint density at radius 2 is 2.05 bits per heavy atom. The van der Waals surface area contributed by atoms with E-state index in [2.05, 4.69) is 20.6 Å². The van der Waals surface area contributed by atoms with E-state index in [4.69, 9.17) is 0 Å². The van der Waals surface area contributed by atoms with E-state index < -0.39 is 17.5 Å². The molecule has 0 spiro atoms. The van der Waals surface area contributed by atoms with Crippen molar-refractivity contribution in [1.82, 2.24) is 15.3 Å². The quantitative estimate of drug-likeness (QED) is 0.764. The number of nitrogens with one attached hydrogen (secondary N) is 3. The summed E-state index contributed by atoms with van der Waals surface area (Å²) in [6, 6.07) is 2.03. The molecule has 0 radical (unpaired) electrons. The fourth-order valence-corrected chi connectivity index (χ4v) is 1.88. The molecular weight excluding hydrogens is 278 g/mol. The number of rotatable bonds is 6. The number of aromatic amines is 1. The van der Waals surface area contributed by atoms with Crippen LogP contribution in [0.3, 0.4) is 0 Å². The van der Waals surface area contributed by atoms with Crippen LogP contribution in [0.2, 0.25) is 0 Å². The third kappa shape index (κ3) is 3.77. The normalized spacial score (nSPS) is 10.4. The van der Waals surface area contributed by atoms with Gasteiger partial charge < -0.3 is 15.6 Å². The Bertz CT molecular complexity index is 590. The van der Waals surface area contributed by atoms with E-state index in [0.29, 0.717) is 19.5 Å². The number of carbonyl (C=O) groups excluding carboxylic acids is 1. The number of aromatic nitrogens is 2. The molecule has 7 heteroatoms. The highest BCUT2D eigenvalue weighted by Crippen LogP contribution is 2.20. The Balaban J connectivity index is 1.99. The van der Waals surface area contributed by atoms with Crippen LogP contribution >= 0.6 is 0 Å². The van der Waals surface area contributed by atoms with Crippen molar-refractivity contribution in [3.63, 3.8) is 0 Å². The molecule has 2 rings (SSSR count).